The summed E-state index contributed by atoms with van der Waals surface area (Å²) in [5, 5.41) is 9.73. The zero-order valence-corrected chi connectivity index (χ0v) is 19.4. The predicted molar refractivity (Wildman–Crippen MR) is 127 cm³/mol. The summed E-state index contributed by atoms with van der Waals surface area (Å²) in [6.07, 6.45) is 4.69. The fraction of sp³-hybridized carbons (Fsp3) is 0.423. The standard InChI is InChI=1S/C26H34N4O2/c1-20-21(2)25(32-3)10-9-22(20)17-29-15-14-28(18-23(29)11-16-31)19-24-7-6-13-30(24)26-8-4-5-12-27-26/h4-10,12-13,23,31H,11,14-19H2,1-3H3. The monoisotopic (exact) mass is 434 g/mol. The van der Waals surface area contributed by atoms with Gasteiger partial charge in [0, 0.05) is 63.5 Å². The van der Waals surface area contributed by atoms with E-state index < -0.39 is 0 Å². The Morgan fingerprint density at radius 3 is 2.66 bits per heavy atom. The minimum atomic E-state index is 0.208. The fourth-order valence-electron chi connectivity index (χ4n) is 4.69. The first-order chi connectivity index (χ1) is 15.6. The average molecular weight is 435 g/mol. The van der Waals surface area contributed by atoms with E-state index in [-0.39, 0.29) is 6.61 Å². The van der Waals surface area contributed by atoms with Crippen LogP contribution in [0.25, 0.3) is 5.82 Å². The van der Waals surface area contributed by atoms with Crippen LogP contribution in [0.4, 0.5) is 0 Å². The number of methoxy groups -OCH3 is 1. The molecule has 0 saturated carbocycles. The summed E-state index contributed by atoms with van der Waals surface area (Å²) in [4.78, 5) is 9.52. The Hall–Kier alpha value is -2.67. The first-order valence-corrected chi connectivity index (χ1v) is 11.4. The molecule has 0 bridgehead atoms. The maximum atomic E-state index is 9.73. The number of piperazine rings is 1. The first-order valence-electron chi connectivity index (χ1n) is 11.4. The first kappa shape index (κ1) is 22.5. The zero-order chi connectivity index (χ0) is 22.5. The molecule has 1 unspecified atom stereocenters. The Kier molecular flexibility index (Phi) is 7.25. The highest BCUT2D eigenvalue weighted by Crippen LogP contribution is 2.26. The van der Waals surface area contributed by atoms with Gasteiger partial charge in [-0.2, -0.15) is 0 Å². The third kappa shape index (κ3) is 4.88. The van der Waals surface area contributed by atoms with Gasteiger partial charge in [0.2, 0.25) is 0 Å². The van der Waals surface area contributed by atoms with Crippen LogP contribution in [0.2, 0.25) is 0 Å². The van der Waals surface area contributed by atoms with E-state index in [9.17, 15) is 5.11 Å². The molecule has 1 saturated heterocycles. The highest BCUT2D eigenvalue weighted by molar-refractivity contribution is 5.43. The predicted octanol–water partition coefficient (Wildman–Crippen LogP) is 3.57. The van der Waals surface area contributed by atoms with Crippen molar-refractivity contribution in [3.8, 4) is 11.6 Å². The molecular formula is C26H34N4O2. The molecule has 0 aliphatic carbocycles. The molecule has 0 spiro atoms. The molecule has 1 aliphatic rings. The largest absolute Gasteiger partial charge is 0.496 e. The number of hydrogen-bond donors (Lipinski definition) is 1. The summed E-state index contributed by atoms with van der Waals surface area (Å²) in [5.41, 5.74) is 5.07. The van der Waals surface area contributed by atoms with Crippen molar-refractivity contribution in [1.29, 1.82) is 0 Å². The van der Waals surface area contributed by atoms with Gasteiger partial charge in [-0.1, -0.05) is 12.1 Å². The number of aliphatic hydroxyl groups is 1. The second kappa shape index (κ2) is 10.3. The lowest BCUT2D eigenvalue weighted by atomic mass is 10.00. The molecule has 6 nitrogen and oxygen atoms in total. The van der Waals surface area contributed by atoms with E-state index in [4.69, 9.17) is 4.74 Å². The Bertz CT molecular complexity index is 1020. The summed E-state index contributed by atoms with van der Waals surface area (Å²) in [5.74, 6) is 1.89. The maximum Gasteiger partial charge on any atom is 0.136 e. The fourth-order valence-corrected chi connectivity index (χ4v) is 4.69. The molecular weight excluding hydrogens is 400 g/mol. The number of hydrogen-bond acceptors (Lipinski definition) is 5. The van der Waals surface area contributed by atoms with Crippen LogP contribution in [0.1, 0.15) is 28.8 Å². The summed E-state index contributed by atoms with van der Waals surface area (Å²) in [6, 6.07) is 14.8. The van der Waals surface area contributed by atoms with Crippen LogP contribution < -0.4 is 4.74 Å². The maximum absolute atomic E-state index is 9.73. The molecule has 1 aromatic carbocycles. The van der Waals surface area contributed by atoms with Crippen LogP contribution in [0.3, 0.4) is 0 Å². The van der Waals surface area contributed by atoms with Crippen LogP contribution in [0.5, 0.6) is 5.75 Å². The molecule has 1 N–H and O–H groups in total. The number of ether oxygens (including phenoxy) is 1. The van der Waals surface area contributed by atoms with E-state index in [2.05, 4.69) is 63.7 Å². The van der Waals surface area contributed by atoms with Crippen molar-refractivity contribution in [3.63, 3.8) is 0 Å². The lowest BCUT2D eigenvalue weighted by Crippen LogP contribution is -2.52. The van der Waals surface area contributed by atoms with Gasteiger partial charge in [0.25, 0.3) is 0 Å². The Labute approximate surface area is 191 Å². The third-order valence-corrected chi connectivity index (χ3v) is 6.71. The summed E-state index contributed by atoms with van der Waals surface area (Å²) < 4.78 is 7.64. The van der Waals surface area contributed by atoms with Gasteiger partial charge in [-0.3, -0.25) is 9.80 Å². The molecule has 2 aromatic heterocycles. The molecule has 0 radical (unpaired) electrons. The Morgan fingerprint density at radius 1 is 1.03 bits per heavy atom. The van der Waals surface area contributed by atoms with Gasteiger partial charge >= 0.3 is 0 Å². The van der Waals surface area contributed by atoms with Crippen LogP contribution in [0.15, 0.2) is 54.9 Å². The van der Waals surface area contributed by atoms with Gasteiger partial charge in [0.05, 0.1) is 7.11 Å². The molecule has 1 aliphatic heterocycles. The minimum Gasteiger partial charge on any atom is -0.496 e. The number of aromatic nitrogens is 2. The Morgan fingerprint density at radius 2 is 1.91 bits per heavy atom. The minimum absolute atomic E-state index is 0.208. The van der Waals surface area contributed by atoms with Crippen molar-refractivity contribution < 1.29 is 9.84 Å². The number of aliphatic hydroxyl groups excluding tert-OH is 1. The molecule has 1 atom stereocenters. The summed E-state index contributed by atoms with van der Waals surface area (Å²) in [6.45, 7) is 9.22. The van der Waals surface area contributed by atoms with E-state index >= 15 is 0 Å². The van der Waals surface area contributed by atoms with Crippen LogP contribution >= 0.6 is 0 Å². The highest BCUT2D eigenvalue weighted by atomic mass is 16.5. The van der Waals surface area contributed by atoms with Crippen molar-refractivity contribution in [1.82, 2.24) is 19.4 Å². The molecule has 3 aromatic rings. The number of pyridine rings is 1. The molecule has 4 rings (SSSR count). The SMILES string of the molecule is COc1ccc(CN2CCN(Cc3cccn3-c3ccccn3)CC2CCO)c(C)c1C. The van der Waals surface area contributed by atoms with E-state index in [0.29, 0.717) is 6.04 Å². The van der Waals surface area contributed by atoms with E-state index in [1.807, 2.05) is 24.4 Å². The number of benzene rings is 1. The van der Waals surface area contributed by atoms with Crippen molar-refractivity contribution >= 4 is 0 Å². The van der Waals surface area contributed by atoms with Crippen LogP contribution in [-0.2, 0) is 13.1 Å². The van der Waals surface area contributed by atoms with Crippen molar-refractivity contribution in [2.45, 2.75) is 39.4 Å². The zero-order valence-electron chi connectivity index (χ0n) is 19.4. The van der Waals surface area contributed by atoms with Gasteiger partial charge in [0.15, 0.2) is 0 Å². The van der Waals surface area contributed by atoms with E-state index in [1.54, 1.807) is 7.11 Å². The molecule has 1 fully saturated rings. The smallest absolute Gasteiger partial charge is 0.136 e. The van der Waals surface area contributed by atoms with E-state index in [0.717, 1.165) is 50.7 Å². The Balaban J connectivity index is 1.45. The van der Waals surface area contributed by atoms with Crippen LogP contribution in [-0.4, -0.2) is 63.9 Å². The van der Waals surface area contributed by atoms with Crippen molar-refractivity contribution in [3.05, 3.63) is 77.2 Å². The van der Waals surface area contributed by atoms with Gasteiger partial charge in [-0.15, -0.1) is 0 Å². The van der Waals surface area contributed by atoms with E-state index in [1.165, 1.54) is 22.4 Å². The van der Waals surface area contributed by atoms with Gasteiger partial charge in [-0.25, -0.2) is 4.98 Å². The molecule has 32 heavy (non-hydrogen) atoms. The van der Waals surface area contributed by atoms with Gasteiger partial charge in [0.1, 0.15) is 11.6 Å². The number of nitrogens with zero attached hydrogens (tertiary/aromatic N) is 4. The van der Waals surface area contributed by atoms with Gasteiger partial charge in [-0.05, 0) is 67.3 Å². The topological polar surface area (TPSA) is 53.8 Å². The van der Waals surface area contributed by atoms with Crippen molar-refractivity contribution in [2.75, 3.05) is 33.4 Å². The molecule has 6 heteroatoms. The molecule has 170 valence electrons. The molecule has 0 amide bonds. The average Bonchev–Trinajstić information content (AvgIpc) is 3.27. The molecule has 3 heterocycles. The number of rotatable bonds is 8. The second-order valence-corrected chi connectivity index (χ2v) is 8.61. The van der Waals surface area contributed by atoms with Gasteiger partial charge < -0.3 is 14.4 Å². The lowest BCUT2D eigenvalue weighted by Gasteiger charge is -2.41. The summed E-state index contributed by atoms with van der Waals surface area (Å²) >= 11 is 0. The van der Waals surface area contributed by atoms with Crippen LogP contribution in [0, 0.1) is 13.8 Å². The quantitative estimate of drug-likeness (QED) is 0.588. The lowest BCUT2D eigenvalue weighted by molar-refractivity contribution is 0.0490. The third-order valence-electron chi connectivity index (χ3n) is 6.71. The van der Waals surface area contributed by atoms with Crippen molar-refractivity contribution in [2.24, 2.45) is 0 Å². The normalized spacial score (nSPS) is 17.6. The highest BCUT2D eigenvalue weighted by Gasteiger charge is 2.27. The second-order valence-electron chi connectivity index (χ2n) is 8.61. The summed E-state index contributed by atoms with van der Waals surface area (Å²) in [7, 11) is 1.72.